The molecule has 4 rings (SSSR count). The molecule has 0 aliphatic carbocycles. The molecule has 0 unspecified atom stereocenters. The molecule has 0 aliphatic heterocycles. The quantitative estimate of drug-likeness (QED) is 0.105. The van der Waals surface area contributed by atoms with Crippen molar-refractivity contribution in [2.45, 2.75) is 116 Å². The minimum atomic E-state index is -1.94. The van der Waals surface area contributed by atoms with Gasteiger partial charge in [0.15, 0.2) is 0 Å². The lowest BCUT2D eigenvalue weighted by atomic mass is 9.90. The molecule has 0 aromatic heterocycles. The van der Waals surface area contributed by atoms with Gasteiger partial charge in [0.1, 0.15) is 16.1 Å². The van der Waals surface area contributed by atoms with Crippen molar-refractivity contribution in [1.29, 1.82) is 0 Å². The van der Waals surface area contributed by atoms with Crippen LogP contribution in [-0.4, -0.2) is 16.1 Å². The SMILES string of the molecule is CC(C)[Si](C#Cc1c2ccccc2c(C#C[Si](C(C)C)(C(C)C)C(C)C)c2cc3cc(Br)c(Br)cc3cc12)(C(C)C)C(C)C. The van der Waals surface area contributed by atoms with Crippen LogP contribution in [0, 0.1) is 22.9 Å². The van der Waals surface area contributed by atoms with Crippen LogP contribution in [0.2, 0.25) is 33.2 Å². The monoisotopic (exact) mass is 744 g/mol. The van der Waals surface area contributed by atoms with Crippen molar-refractivity contribution in [1.82, 2.24) is 0 Å². The molecule has 0 aliphatic rings. The van der Waals surface area contributed by atoms with Gasteiger partial charge in [0.2, 0.25) is 0 Å². The van der Waals surface area contributed by atoms with E-state index in [0.717, 1.165) is 20.1 Å². The molecule has 4 aromatic carbocycles. The zero-order valence-corrected chi connectivity index (χ0v) is 34.0. The summed E-state index contributed by atoms with van der Waals surface area (Å²) in [7, 11) is -3.89. The van der Waals surface area contributed by atoms with Crippen LogP contribution in [0.25, 0.3) is 32.3 Å². The predicted molar refractivity (Wildman–Crippen MR) is 210 cm³/mol. The van der Waals surface area contributed by atoms with Gasteiger partial charge in [-0.15, -0.1) is 11.1 Å². The summed E-state index contributed by atoms with van der Waals surface area (Å²) in [6, 6.07) is 18.0. The lowest BCUT2D eigenvalue weighted by molar-refractivity contribution is 0.838. The Labute approximate surface area is 286 Å². The van der Waals surface area contributed by atoms with Crippen LogP contribution in [0.4, 0.5) is 0 Å². The second-order valence-corrected chi connectivity index (χ2v) is 27.5. The fourth-order valence-corrected chi connectivity index (χ4v) is 19.5. The molecule has 0 N–H and O–H groups in total. The van der Waals surface area contributed by atoms with E-state index in [1.807, 2.05) is 0 Å². The molecule has 4 heteroatoms. The van der Waals surface area contributed by atoms with E-state index in [2.05, 4.69) is 186 Å². The third-order valence-corrected chi connectivity index (χ3v) is 25.0. The van der Waals surface area contributed by atoms with Gasteiger partial charge in [-0.2, -0.15) is 0 Å². The van der Waals surface area contributed by atoms with E-state index in [0.29, 0.717) is 33.2 Å². The number of hydrogen-bond acceptors (Lipinski definition) is 0. The highest BCUT2D eigenvalue weighted by Gasteiger charge is 2.42. The summed E-state index contributed by atoms with van der Waals surface area (Å²) in [5.41, 5.74) is 13.9. The fourth-order valence-electron chi connectivity index (χ4n) is 8.39. The topological polar surface area (TPSA) is 0 Å². The first-order chi connectivity index (χ1) is 20.6. The van der Waals surface area contributed by atoms with Crippen molar-refractivity contribution in [3.05, 3.63) is 68.6 Å². The Morgan fingerprint density at radius 3 is 1.02 bits per heavy atom. The van der Waals surface area contributed by atoms with Crippen molar-refractivity contribution < 1.29 is 0 Å². The van der Waals surface area contributed by atoms with Gasteiger partial charge in [0.25, 0.3) is 0 Å². The van der Waals surface area contributed by atoms with Crippen LogP contribution >= 0.6 is 31.9 Å². The first kappa shape index (κ1) is 35.0. The van der Waals surface area contributed by atoms with E-state index in [9.17, 15) is 0 Å². The third-order valence-electron chi connectivity index (χ3n) is 10.6. The normalized spacial score (nSPS) is 12.7. The summed E-state index contributed by atoms with van der Waals surface area (Å²) >= 11 is 7.52. The maximum absolute atomic E-state index is 4.06. The van der Waals surface area contributed by atoms with E-state index in [-0.39, 0.29) is 0 Å². The summed E-state index contributed by atoms with van der Waals surface area (Å²) in [6.45, 7) is 28.8. The number of halogens is 2. The highest BCUT2D eigenvalue weighted by molar-refractivity contribution is 9.13. The Bertz CT molecular complexity index is 1640. The lowest BCUT2D eigenvalue weighted by Gasteiger charge is -2.38. The van der Waals surface area contributed by atoms with Gasteiger partial charge in [0, 0.05) is 20.1 Å². The summed E-state index contributed by atoms with van der Waals surface area (Å²) in [5, 5.41) is 7.29. The Morgan fingerprint density at radius 1 is 0.455 bits per heavy atom. The maximum Gasteiger partial charge on any atom is 0.146 e. The van der Waals surface area contributed by atoms with Crippen LogP contribution in [0.1, 0.15) is 94.2 Å². The highest BCUT2D eigenvalue weighted by Crippen LogP contribution is 2.43. The average molecular weight is 747 g/mol. The lowest BCUT2D eigenvalue weighted by Crippen LogP contribution is -2.43. The van der Waals surface area contributed by atoms with Gasteiger partial charge in [-0.25, -0.2) is 0 Å². The number of fused-ring (bicyclic) bond motifs is 3. The van der Waals surface area contributed by atoms with Crippen molar-refractivity contribution in [3.8, 4) is 22.9 Å². The van der Waals surface area contributed by atoms with Crippen LogP contribution in [0.5, 0.6) is 0 Å². The zero-order valence-electron chi connectivity index (χ0n) is 28.8. The molecular formula is C40H50Br2Si2. The molecule has 0 saturated heterocycles. The van der Waals surface area contributed by atoms with E-state index >= 15 is 0 Å². The number of hydrogen-bond donors (Lipinski definition) is 0. The molecule has 0 fully saturated rings. The van der Waals surface area contributed by atoms with Crippen molar-refractivity contribution in [3.63, 3.8) is 0 Å². The minimum Gasteiger partial charge on any atom is -0.125 e. The fraction of sp³-hybridized carbons (Fsp3) is 0.450. The van der Waals surface area contributed by atoms with Crippen molar-refractivity contribution in [2.75, 3.05) is 0 Å². The molecule has 0 atom stereocenters. The van der Waals surface area contributed by atoms with E-state index in [1.165, 1.54) is 32.3 Å². The largest absolute Gasteiger partial charge is 0.146 e. The van der Waals surface area contributed by atoms with Crippen LogP contribution in [-0.2, 0) is 0 Å². The molecule has 0 bridgehead atoms. The van der Waals surface area contributed by atoms with Crippen molar-refractivity contribution in [2.24, 2.45) is 0 Å². The molecule has 0 heterocycles. The smallest absolute Gasteiger partial charge is 0.125 e. The molecular weight excluding hydrogens is 696 g/mol. The van der Waals surface area contributed by atoms with E-state index in [4.69, 9.17) is 0 Å². The van der Waals surface area contributed by atoms with Gasteiger partial charge in [0.05, 0.1) is 0 Å². The zero-order chi connectivity index (χ0) is 32.7. The van der Waals surface area contributed by atoms with Gasteiger partial charge >= 0.3 is 0 Å². The first-order valence-electron chi connectivity index (χ1n) is 16.4. The molecule has 0 amide bonds. The van der Waals surface area contributed by atoms with Gasteiger partial charge < -0.3 is 0 Å². The maximum atomic E-state index is 4.06. The van der Waals surface area contributed by atoms with E-state index < -0.39 is 16.1 Å². The molecule has 0 saturated carbocycles. The first-order valence-corrected chi connectivity index (χ1v) is 22.5. The standard InChI is InChI=1S/C40H50Br2Si2/c1-25(2)43(26(3)4,27(5)6)19-17-35-33-15-13-14-16-34(33)36(18-20-44(28(7)8,29(9)10)30(11)12)38-22-32-24-40(42)39(41)23-31(32)21-37(35)38/h13-16,21-30H,1-12H3. The summed E-state index contributed by atoms with van der Waals surface area (Å²) in [4.78, 5) is 0. The number of rotatable bonds is 6. The van der Waals surface area contributed by atoms with Crippen molar-refractivity contribution >= 4 is 80.3 Å². The molecule has 0 spiro atoms. The van der Waals surface area contributed by atoms with Gasteiger partial charge in [-0.05, 0) is 122 Å². The average Bonchev–Trinajstić information content (AvgIpc) is 2.93. The third kappa shape index (κ3) is 6.02. The van der Waals surface area contributed by atoms with Gasteiger partial charge in [-0.1, -0.05) is 119 Å². The predicted octanol–water partition coefficient (Wildman–Crippen LogP) is 13.8. The molecule has 232 valence electrons. The van der Waals surface area contributed by atoms with Crippen LogP contribution in [0.15, 0.2) is 57.5 Å². The van der Waals surface area contributed by atoms with Crippen LogP contribution in [0.3, 0.4) is 0 Å². The Kier molecular flexibility index (Phi) is 10.7. The Morgan fingerprint density at radius 2 is 0.750 bits per heavy atom. The summed E-state index contributed by atoms with van der Waals surface area (Å²) in [6.07, 6.45) is 0. The van der Waals surface area contributed by atoms with E-state index in [1.54, 1.807) is 0 Å². The molecule has 0 radical (unpaired) electrons. The molecule has 4 aromatic rings. The summed E-state index contributed by atoms with van der Waals surface area (Å²) < 4.78 is 2.12. The number of benzene rings is 4. The Hall–Kier alpha value is -1.83. The minimum absolute atomic E-state index is 0.577. The second kappa shape index (κ2) is 13.5. The molecule has 44 heavy (non-hydrogen) atoms. The van der Waals surface area contributed by atoms with Crippen LogP contribution < -0.4 is 0 Å². The van der Waals surface area contributed by atoms with Gasteiger partial charge in [-0.3, -0.25) is 0 Å². The molecule has 0 nitrogen and oxygen atoms in total. The Balaban J connectivity index is 2.24. The second-order valence-electron chi connectivity index (χ2n) is 14.6. The highest BCUT2D eigenvalue weighted by atomic mass is 79.9. The summed E-state index contributed by atoms with van der Waals surface area (Å²) in [5.74, 6) is 7.82.